The Morgan fingerprint density at radius 3 is 1.18 bits per heavy atom. The number of rotatable bonds is 33. The zero-order valence-corrected chi connectivity index (χ0v) is 84.5. The van der Waals surface area contributed by atoms with E-state index in [9.17, 15) is 0 Å². The third kappa shape index (κ3) is 58.8. The molecule has 35 nitrogen and oxygen atoms in total. The fourth-order valence-corrected chi connectivity index (χ4v) is 13.3. The van der Waals surface area contributed by atoms with Crippen LogP contribution in [0.25, 0.3) is 0 Å². The Balaban J connectivity index is 0.000000237. The number of piperidine rings is 1. The second kappa shape index (κ2) is 77.5. The van der Waals surface area contributed by atoms with Crippen LogP contribution in [-0.4, -0.2) is 232 Å². The Bertz CT molecular complexity index is 4860. The van der Waals surface area contributed by atoms with E-state index in [2.05, 4.69) is 147 Å². The van der Waals surface area contributed by atoms with Gasteiger partial charge < -0.3 is 62.2 Å². The molecule has 2 saturated heterocycles. The molecule has 141 heavy (non-hydrogen) atoms. The molecule has 2 aliphatic carbocycles. The van der Waals surface area contributed by atoms with Crippen LogP contribution in [0, 0.1) is 12.8 Å². The quantitative estimate of drug-likeness (QED) is 0.0345. The second-order valence-electron chi connectivity index (χ2n) is 32.7. The highest BCUT2D eigenvalue weighted by atomic mass is 16.5. The summed E-state index contributed by atoms with van der Waals surface area (Å²) < 4.78 is 48.8. The predicted molar refractivity (Wildman–Crippen MR) is 550 cm³/mol. The SMILES string of the molecule is C=C1CCCN1CCCOc1ccncn1.CCCC(C)Oc1ccncn1.CCCC(C)Oc1ccncn1.CCCCOc1ccncn1.CN(C)c1ccccn1.CN(C)c1ncccn1.COc1ccccn1.Cc1cccnc1.c1cc(OC2CCCCC2)ncn1.c1cc(OCC2CCCCC2)ncn1.c1cc(OCCCN2CCCCC2)ncn1.c1ccc(COc2ccncn2)nc1. The number of pyridine rings is 4. The van der Waals surface area contributed by atoms with Crippen LogP contribution < -0.4 is 52.4 Å². The highest BCUT2D eigenvalue weighted by Crippen LogP contribution is 2.26. The first-order valence-electron chi connectivity index (χ1n) is 48.8. The molecule has 0 bridgehead atoms. The van der Waals surface area contributed by atoms with Crippen molar-refractivity contribution in [3.8, 4) is 52.9 Å². The Morgan fingerprint density at radius 1 is 0.369 bits per heavy atom. The van der Waals surface area contributed by atoms with Gasteiger partial charge in [0.1, 0.15) is 69.1 Å². The van der Waals surface area contributed by atoms with Crippen LogP contribution in [0.5, 0.6) is 52.9 Å². The highest BCUT2D eigenvalue weighted by molar-refractivity contribution is 5.35. The predicted octanol–water partition coefficient (Wildman–Crippen LogP) is 19.6. The topological polar surface area (TPSA) is 380 Å². The minimum Gasteiger partial charge on any atom is -0.481 e. The minimum absolute atomic E-state index is 0.241. The number of unbranched alkanes of at least 4 members (excludes halogenated alkanes) is 1. The standard InChI is InChI=1S/C12H17N3O.C12H19N3O.C11H16N2O.C10H9N3O.C10H14N2O.2C9H14N2O.C8H12N2O.C7H10N2.C6H9N3.C6H7NO.C6H7N/c1-11-4-2-7-15(11)8-3-9-16-12-5-6-13-10-14-12;1-2-7-15(8-3-1)9-4-10-16-12-5-6-13-11-14-12;1-2-4-10(5-3-1)8-14-11-6-7-12-9-13-11;1-2-5-12-9(3-1)7-14-10-4-6-11-8-13-10;1-2-4-9(5-3-1)13-10-6-7-11-8-12-10;2*1-3-4-8(2)12-9-5-6-10-7-11-9;1-2-3-6-11-8-4-5-9-7-10-8;1-9(2)7-5-3-4-6-8-7;1-9(2)6-7-4-3-5-8-6;1-8-6-4-2-3-5-7-6;1-6-3-2-4-7-5-6/h5-6,10H,1-4,7-9H2;5-6,11H,1-4,7-10H2;6-7,9-10H,1-5,8H2;1-6,8H,7H2;6-9H,1-5H2;2*5-8H,3-4H2,1-2H3;4-5,7H,2-3,6H2,1H3;3-6H,1-2H3;3-5H,1-2H3;2-5H,1H3;2-5H,1H3. The molecule has 0 aromatic carbocycles. The fourth-order valence-electron chi connectivity index (χ4n) is 13.3. The zero-order valence-electron chi connectivity index (χ0n) is 84.5. The zero-order chi connectivity index (χ0) is 100. The first-order chi connectivity index (χ1) is 69.2. The summed E-state index contributed by atoms with van der Waals surface area (Å²) in [6, 6.07) is 37.0. The molecule has 2 aliphatic heterocycles. The van der Waals surface area contributed by atoms with Gasteiger partial charge in [0.25, 0.3) is 0 Å². The molecule has 4 aliphatic rings. The maximum absolute atomic E-state index is 5.70. The van der Waals surface area contributed by atoms with Crippen molar-refractivity contribution >= 4 is 11.8 Å². The Kier molecular flexibility index (Phi) is 63.4. The van der Waals surface area contributed by atoms with Crippen molar-refractivity contribution in [1.82, 2.24) is 119 Å². The molecule has 35 heteroatoms. The van der Waals surface area contributed by atoms with Gasteiger partial charge in [-0.25, -0.2) is 99.7 Å². The van der Waals surface area contributed by atoms with Crippen molar-refractivity contribution in [2.45, 2.75) is 214 Å². The van der Waals surface area contributed by atoms with Crippen molar-refractivity contribution in [1.29, 1.82) is 0 Å². The third-order valence-corrected chi connectivity index (χ3v) is 20.5. The average molecular weight is 1930 g/mol. The molecular weight excluding hydrogens is 1780 g/mol. The van der Waals surface area contributed by atoms with E-state index in [4.69, 9.17) is 42.6 Å². The van der Waals surface area contributed by atoms with Crippen molar-refractivity contribution in [2.75, 3.05) is 104 Å². The van der Waals surface area contributed by atoms with E-state index in [-0.39, 0.29) is 12.2 Å². The minimum atomic E-state index is 0.241. The third-order valence-electron chi connectivity index (χ3n) is 20.5. The van der Waals surface area contributed by atoms with Gasteiger partial charge in [-0.05, 0) is 184 Å². The van der Waals surface area contributed by atoms with Gasteiger partial charge in [0, 0.05) is 201 Å². The lowest BCUT2D eigenvalue weighted by atomic mass is 9.90. The molecule has 0 N–H and O–H groups in total. The summed E-state index contributed by atoms with van der Waals surface area (Å²) in [5.74, 6) is 8.41. The summed E-state index contributed by atoms with van der Waals surface area (Å²) in [4.78, 5) is 95.1. The number of aromatic nitrogens is 22. The molecule has 2 atom stereocenters. The number of likely N-dealkylation sites (tertiary alicyclic amines) is 2. The summed E-state index contributed by atoms with van der Waals surface area (Å²) in [6.45, 7) is 25.8. The molecule has 0 radical (unpaired) electrons. The van der Waals surface area contributed by atoms with E-state index >= 15 is 0 Å². The summed E-state index contributed by atoms with van der Waals surface area (Å²) in [6.07, 6.45) is 66.8. The van der Waals surface area contributed by atoms with Crippen LogP contribution in [0.1, 0.15) is 194 Å². The normalized spacial score (nSPS) is 13.1. The largest absolute Gasteiger partial charge is 0.481 e. The van der Waals surface area contributed by atoms with Gasteiger partial charge >= 0.3 is 0 Å². The van der Waals surface area contributed by atoms with Crippen LogP contribution in [0.4, 0.5) is 11.8 Å². The Labute approximate surface area is 835 Å². The molecule has 2 saturated carbocycles. The molecule has 756 valence electrons. The number of ether oxygens (including phenoxy) is 9. The molecule has 13 aromatic heterocycles. The van der Waals surface area contributed by atoms with Crippen molar-refractivity contribution in [3.63, 3.8) is 0 Å². The molecule has 17 rings (SSSR count). The summed E-state index contributed by atoms with van der Waals surface area (Å²) >= 11 is 0. The van der Waals surface area contributed by atoms with E-state index in [1.165, 1.54) is 165 Å². The van der Waals surface area contributed by atoms with Gasteiger partial charge in [-0.2, -0.15) is 0 Å². The van der Waals surface area contributed by atoms with Gasteiger partial charge in [-0.3, -0.25) is 9.97 Å². The fraction of sp³-hybridized carbons (Fsp3) is 0.453. The molecular formula is C106H148N26O9. The van der Waals surface area contributed by atoms with Crippen LogP contribution in [-0.2, 0) is 6.61 Å². The van der Waals surface area contributed by atoms with Crippen LogP contribution in [0.2, 0.25) is 0 Å². The molecule has 2 unspecified atom stereocenters. The maximum Gasteiger partial charge on any atom is 0.224 e. The van der Waals surface area contributed by atoms with Gasteiger partial charge in [-0.15, -0.1) is 0 Å². The van der Waals surface area contributed by atoms with E-state index < -0.39 is 0 Å². The number of anilines is 2. The number of methoxy groups -OCH3 is 1. The van der Waals surface area contributed by atoms with E-state index in [1.807, 2.05) is 138 Å². The first kappa shape index (κ1) is 115. The number of allylic oxidation sites excluding steroid dienone is 1. The van der Waals surface area contributed by atoms with Gasteiger partial charge in [0.05, 0.1) is 51.4 Å². The lowest BCUT2D eigenvalue weighted by molar-refractivity contribution is 0.148. The molecule has 15 heterocycles. The molecule has 13 aromatic rings. The van der Waals surface area contributed by atoms with Crippen molar-refractivity contribution in [3.05, 3.63) is 288 Å². The monoisotopic (exact) mass is 1930 g/mol. The highest BCUT2D eigenvalue weighted by Gasteiger charge is 2.18. The summed E-state index contributed by atoms with van der Waals surface area (Å²) in [5, 5.41) is 0. The van der Waals surface area contributed by atoms with Gasteiger partial charge in [0.2, 0.25) is 58.9 Å². The van der Waals surface area contributed by atoms with Gasteiger partial charge in [0.15, 0.2) is 0 Å². The lowest BCUT2D eigenvalue weighted by Crippen LogP contribution is -2.31. The van der Waals surface area contributed by atoms with Crippen LogP contribution in [0.3, 0.4) is 0 Å². The average Bonchev–Trinajstić information content (AvgIpc) is 1.80. The lowest BCUT2D eigenvalue weighted by Gasteiger charge is -2.26. The maximum atomic E-state index is 5.70. The number of nitrogens with zero attached hydrogens (tertiary/aromatic N) is 26. The van der Waals surface area contributed by atoms with E-state index in [1.54, 1.807) is 142 Å². The van der Waals surface area contributed by atoms with E-state index in [0.717, 1.165) is 121 Å². The first-order valence-corrected chi connectivity index (χ1v) is 48.8. The van der Waals surface area contributed by atoms with Crippen LogP contribution >= 0.6 is 0 Å². The second-order valence-corrected chi connectivity index (χ2v) is 32.7. The van der Waals surface area contributed by atoms with E-state index in [0.29, 0.717) is 72.2 Å². The van der Waals surface area contributed by atoms with Gasteiger partial charge in [-0.1, -0.05) is 103 Å². The number of aryl methyl sites for hydroxylation is 1. The number of hydrogen-bond donors (Lipinski definition) is 0. The molecule has 4 fully saturated rings. The summed E-state index contributed by atoms with van der Waals surface area (Å²) in [5.41, 5.74) is 3.36. The number of hydrogen-bond acceptors (Lipinski definition) is 35. The van der Waals surface area contributed by atoms with Crippen molar-refractivity contribution < 1.29 is 42.6 Å². The Morgan fingerprint density at radius 2 is 0.809 bits per heavy atom. The summed E-state index contributed by atoms with van der Waals surface area (Å²) in [7, 11) is 9.37. The Hall–Kier alpha value is -14.4. The smallest absolute Gasteiger partial charge is 0.224 e. The molecule has 0 spiro atoms. The molecule has 0 amide bonds. The van der Waals surface area contributed by atoms with Crippen LogP contribution in [0.15, 0.2) is 277 Å². The van der Waals surface area contributed by atoms with Crippen molar-refractivity contribution in [2.24, 2.45) is 5.92 Å².